The first kappa shape index (κ1) is 17.5. The summed E-state index contributed by atoms with van der Waals surface area (Å²) in [6.45, 7) is 6.95. The molecule has 0 saturated heterocycles. The minimum absolute atomic E-state index is 0.185. The minimum atomic E-state index is 0.185. The van der Waals surface area contributed by atoms with E-state index in [0.29, 0.717) is 0 Å². The highest BCUT2D eigenvalue weighted by molar-refractivity contribution is 7.58. The second-order valence-corrected chi connectivity index (χ2v) is 10.9. The molecule has 2 aliphatic rings. The predicted molar refractivity (Wildman–Crippen MR) is 105 cm³/mol. The van der Waals surface area contributed by atoms with Gasteiger partial charge in [-0.3, -0.25) is 0 Å². The number of hydrogen-bond acceptors (Lipinski definition) is 0. The molecule has 0 N–H and O–H groups in total. The van der Waals surface area contributed by atoms with Crippen molar-refractivity contribution in [2.24, 2.45) is 0 Å². The molecule has 0 spiro atoms. The molecule has 0 radical (unpaired) electrons. The molecule has 0 bridgehead atoms. The molecule has 2 aliphatic carbocycles. The third kappa shape index (κ3) is 4.39. The summed E-state index contributed by atoms with van der Waals surface area (Å²) < 4.78 is 0. The highest BCUT2D eigenvalue weighted by Crippen LogP contribution is 2.58. The quantitative estimate of drug-likeness (QED) is 0.510. The van der Waals surface area contributed by atoms with Crippen LogP contribution in [0.3, 0.4) is 0 Å². The smallest absolute Gasteiger partial charge is 0.00629 e. The SMILES string of the molecule is Cc1cc(C)c(CP(C2CCCCC2)C2CCCCC2)c(C)c1. The van der Waals surface area contributed by atoms with Crippen molar-refractivity contribution < 1.29 is 0 Å². The number of hydrogen-bond donors (Lipinski definition) is 0. The largest absolute Gasteiger partial charge is 0.0958 e. The van der Waals surface area contributed by atoms with Crippen LogP contribution in [0.25, 0.3) is 0 Å². The van der Waals surface area contributed by atoms with Crippen molar-refractivity contribution in [1.82, 2.24) is 0 Å². The van der Waals surface area contributed by atoms with Gasteiger partial charge in [-0.05, 0) is 80.6 Å². The van der Waals surface area contributed by atoms with Crippen LogP contribution >= 0.6 is 7.92 Å². The van der Waals surface area contributed by atoms with Gasteiger partial charge in [0.2, 0.25) is 0 Å². The topological polar surface area (TPSA) is 0 Å². The summed E-state index contributed by atoms with van der Waals surface area (Å²) in [5, 5.41) is 0. The Morgan fingerprint density at radius 3 is 1.61 bits per heavy atom. The van der Waals surface area contributed by atoms with Crippen LogP contribution in [0.1, 0.15) is 86.5 Å². The van der Waals surface area contributed by atoms with Crippen LogP contribution in [0.2, 0.25) is 0 Å². The second-order valence-electron chi connectivity index (χ2n) is 8.13. The molecule has 1 heteroatoms. The third-order valence-corrected chi connectivity index (χ3v) is 9.86. The summed E-state index contributed by atoms with van der Waals surface area (Å²) in [4.78, 5) is 0. The average molecular weight is 330 g/mol. The highest BCUT2D eigenvalue weighted by Gasteiger charge is 2.31. The van der Waals surface area contributed by atoms with Crippen molar-refractivity contribution in [3.63, 3.8) is 0 Å². The van der Waals surface area contributed by atoms with Crippen LogP contribution < -0.4 is 0 Å². The zero-order chi connectivity index (χ0) is 16.2. The Kier molecular flexibility index (Phi) is 6.19. The third-order valence-electron chi connectivity index (χ3n) is 6.27. The number of benzene rings is 1. The summed E-state index contributed by atoms with van der Waals surface area (Å²) in [6, 6.07) is 4.83. The van der Waals surface area contributed by atoms with E-state index in [1.807, 2.05) is 0 Å². The van der Waals surface area contributed by atoms with E-state index in [9.17, 15) is 0 Å². The first-order valence-electron chi connectivity index (χ1n) is 9.97. The summed E-state index contributed by atoms with van der Waals surface area (Å²) >= 11 is 0. The van der Waals surface area contributed by atoms with Gasteiger partial charge >= 0.3 is 0 Å². The van der Waals surface area contributed by atoms with Gasteiger partial charge in [0.1, 0.15) is 0 Å². The first-order chi connectivity index (χ1) is 11.1. The molecule has 128 valence electrons. The lowest BCUT2D eigenvalue weighted by Gasteiger charge is -2.39. The molecule has 0 aliphatic heterocycles. The van der Waals surface area contributed by atoms with Gasteiger partial charge in [-0.1, -0.05) is 64.1 Å². The first-order valence-corrected chi connectivity index (χ1v) is 11.6. The summed E-state index contributed by atoms with van der Waals surface area (Å²) in [6.07, 6.45) is 16.5. The van der Waals surface area contributed by atoms with Crippen molar-refractivity contribution in [3.8, 4) is 0 Å². The molecule has 0 amide bonds. The fraction of sp³-hybridized carbons (Fsp3) is 0.727. The van der Waals surface area contributed by atoms with Crippen molar-refractivity contribution in [2.75, 3.05) is 0 Å². The zero-order valence-corrected chi connectivity index (χ0v) is 16.4. The lowest BCUT2D eigenvalue weighted by molar-refractivity contribution is 0.484. The standard InChI is InChI=1S/C22H35P/c1-17-14-18(2)22(19(3)15-17)16-23(20-10-6-4-7-11-20)21-12-8-5-9-13-21/h14-15,20-21H,4-13,16H2,1-3H3. The molecule has 2 fully saturated rings. The molecule has 0 atom stereocenters. The van der Waals surface area contributed by atoms with E-state index >= 15 is 0 Å². The lowest BCUT2D eigenvalue weighted by atomic mass is 9.99. The van der Waals surface area contributed by atoms with Gasteiger partial charge in [-0.25, -0.2) is 0 Å². The Morgan fingerprint density at radius 2 is 1.17 bits per heavy atom. The van der Waals surface area contributed by atoms with Gasteiger partial charge in [-0.15, -0.1) is 0 Å². The second kappa shape index (κ2) is 8.15. The average Bonchev–Trinajstić information content (AvgIpc) is 2.56. The Balaban J connectivity index is 1.82. The molecule has 1 aromatic rings. The van der Waals surface area contributed by atoms with Gasteiger partial charge in [0, 0.05) is 0 Å². The fourth-order valence-corrected chi connectivity index (χ4v) is 9.06. The van der Waals surface area contributed by atoms with Crippen molar-refractivity contribution in [2.45, 2.75) is 102 Å². The molecule has 1 aromatic carbocycles. The molecular weight excluding hydrogens is 295 g/mol. The summed E-state index contributed by atoms with van der Waals surface area (Å²) in [5.74, 6) is 0. The van der Waals surface area contributed by atoms with Gasteiger partial charge in [0.05, 0.1) is 0 Å². The van der Waals surface area contributed by atoms with Gasteiger partial charge in [0.25, 0.3) is 0 Å². The Hall–Kier alpha value is -0.350. The molecule has 2 saturated carbocycles. The van der Waals surface area contributed by atoms with E-state index < -0.39 is 0 Å². The molecule has 3 rings (SSSR count). The number of rotatable bonds is 4. The lowest BCUT2D eigenvalue weighted by Crippen LogP contribution is -2.21. The molecule has 23 heavy (non-hydrogen) atoms. The van der Waals surface area contributed by atoms with Crippen LogP contribution in [0.5, 0.6) is 0 Å². The fourth-order valence-electron chi connectivity index (χ4n) is 5.02. The van der Waals surface area contributed by atoms with E-state index in [1.165, 1.54) is 75.9 Å². The Labute approximate surface area is 145 Å². The van der Waals surface area contributed by atoms with Gasteiger partial charge < -0.3 is 0 Å². The highest BCUT2D eigenvalue weighted by atomic mass is 31.1. The van der Waals surface area contributed by atoms with Crippen molar-refractivity contribution in [3.05, 3.63) is 34.4 Å². The van der Waals surface area contributed by atoms with E-state index in [-0.39, 0.29) is 7.92 Å². The van der Waals surface area contributed by atoms with E-state index in [2.05, 4.69) is 32.9 Å². The Bertz CT molecular complexity index is 466. The predicted octanol–water partition coefficient (Wildman–Crippen LogP) is 7.26. The molecule has 0 nitrogen and oxygen atoms in total. The number of aryl methyl sites for hydroxylation is 3. The normalized spacial score (nSPS) is 21.0. The molecular formula is C22H35P. The molecule has 0 heterocycles. The van der Waals surface area contributed by atoms with Crippen LogP contribution in [-0.4, -0.2) is 11.3 Å². The van der Waals surface area contributed by atoms with Crippen LogP contribution in [0.15, 0.2) is 12.1 Å². The van der Waals surface area contributed by atoms with E-state index in [0.717, 1.165) is 11.3 Å². The van der Waals surface area contributed by atoms with Crippen LogP contribution in [0.4, 0.5) is 0 Å². The van der Waals surface area contributed by atoms with Crippen LogP contribution in [-0.2, 0) is 6.16 Å². The maximum absolute atomic E-state index is 2.41. The van der Waals surface area contributed by atoms with Gasteiger partial charge in [0.15, 0.2) is 0 Å². The van der Waals surface area contributed by atoms with E-state index in [1.54, 1.807) is 16.7 Å². The van der Waals surface area contributed by atoms with Crippen molar-refractivity contribution in [1.29, 1.82) is 0 Å². The zero-order valence-electron chi connectivity index (χ0n) is 15.5. The van der Waals surface area contributed by atoms with Gasteiger partial charge in [-0.2, -0.15) is 0 Å². The van der Waals surface area contributed by atoms with Crippen LogP contribution in [0, 0.1) is 20.8 Å². The summed E-state index contributed by atoms with van der Waals surface area (Å²) in [7, 11) is 0.185. The monoisotopic (exact) mass is 330 g/mol. The molecule has 0 aromatic heterocycles. The Morgan fingerprint density at radius 1 is 0.739 bits per heavy atom. The maximum atomic E-state index is 2.41. The maximum Gasteiger partial charge on any atom is -0.00629 e. The summed E-state index contributed by atoms with van der Waals surface area (Å²) in [5.41, 5.74) is 8.40. The minimum Gasteiger partial charge on any atom is -0.0958 e. The van der Waals surface area contributed by atoms with E-state index in [4.69, 9.17) is 0 Å². The van der Waals surface area contributed by atoms with Crippen molar-refractivity contribution >= 4 is 7.92 Å². The molecule has 0 unspecified atom stereocenters.